The Hall–Kier alpha value is -0.870. The van der Waals surface area contributed by atoms with Crippen molar-refractivity contribution < 1.29 is 9.47 Å². The molecule has 0 bridgehead atoms. The molecule has 0 aromatic carbocycles. The van der Waals surface area contributed by atoms with Gasteiger partial charge in [0.15, 0.2) is 5.79 Å². The van der Waals surface area contributed by atoms with Gasteiger partial charge in [0.05, 0.1) is 19.1 Å². The van der Waals surface area contributed by atoms with E-state index in [2.05, 4.69) is 11.9 Å². The van der Waals surface area contributed by atoms with Crippen LogP contribution < -0.4 is 0 Å². The van der Waals surface area contributed by atoms with Gasteiger partial charge in [0, 0.05) is 25.9 Å². The Morgan fingerprint density at radius 3 is 2.69 bits per heavy atom. The zero-order valence-corrected chi connectivity index (χ0v) is 10.3. The molecule has 0 amide bonds. The van der Waals surface area contributed by atoms with Crippen molar-refractivity contribution in [3.63, 3.8) is 0 Å². The van der Waals surface area contributed by atoms with Gasteiger partial charge >= 0.3 is 0 Å². The first-order valence-corrected chi connectivity index (χ1v) is 5.90. The summed E-state index contributed by atoms with van der Waals surface area (Å²) < 4.78 is 13.7. The Kier molecular flexibility index (Phi) is 3.30. The molecule has 4 heteroatoms. The minimum atomic E-state index is -0.392. The summed E-state index contributed by atoms with van der Waals surface area (Å²) in [6, 6.07) is 0. The van der Waals surface area contributed by atoms with Crippen molar-refractivity contribution in [2.24, 2.45) is 7.05 Å². The van der Waals surface area contributed by atoms with Gasteiger partial charge in [-0.2, -0.15) is 0 Å². The molecule has 0 unspecified atom stereocenters. The molecule has 0 aliphatic carbocycles. The number of rotatable bonds is 3. The summed E-state index contributed by atoms with van der Waals surface area (Å²) in [7, 11) is 2.00. The van der Waals surface area contributed by atoms with Crippen LogP contribution in [0, 0.1) is 0 Å². The third-order valence-corrected chi connectivity index (χ3v) is 3.11. The SMILES string of the molecule is CCCC1(C)OCC(c2nccn2C)CO1. The largest absolute Gasteiger partial charge is 0.349 e. The molecule has 90 valence electrons. The fraction of sp³-hybridized carbons (Fsp3) is 0.750. The highest BCUT2D eigenvalue weighted by Gasteiger charge is 2.33. The number of hydrogen-bond acceptors (Lipinski definition) is 3. The van der Waals surface area contributed by atoms with Gasteiger partial charge in [-0.05, 0) is 6.92 Å². The predicted octanol–water partition coefficient (Wildman–Crippen LogP) is 2.07. The molecule has 1 aliphatic heterocycles. The normalized spacial score (nSPS) is 30.6. The molecule has 0 radical (unpaired) electrons. The molecule has 1 aromatic rings. The maximum atomic E-state index is 5.82. The average molecular weight is 224 g/mol. The summed E-state index contributed by atoms with van der Waals surface area (Å²) >= 11 is 0. The smallest absolute Gasteiger partial charge is 0.165 e. The zero-order chi connectivity index (χ0) is 11.6. The number of ether oxygens (including phenoxy) is 2. The molecule has 4 nitrogen and oxygen atoms in total. The molecule has 1 saturated heterocycles. The van der Waals surface area contributed by atoms with E-state index in [9.17, 15) is 0 Å². The van der Waals surface area contributed by atoms with E-state index in [1.807, 2.05) is 30.9 Å². The van der Waals surface area contributed by atoms with Crippen LogP contribution in [0.25, 0.3) is 0 Å². The Morgan fingerprint density at radius 1 is 1.50 bits per heavy atom. The lowest BCUT2D eigenvalue weighted by Crippen LogP contribution is -2.41. The molecule has 0 spiro atoms. The lowest BCUT2D eigenvalue weighted by atomic mass is 10.1. The lowest BCUT2D eigenvalue weighted by Gasteiger charge is -2.37. The molecule has 1 fully saturated rings. The van der Waals surface area contributed by atoms with E-state index in [4.69, 9.17) is 9.47 Å². The molecule has 16 heavy (non-hydrogen) atoms. The van der Waals surface area contributed by atoms with Crippen molar-refractivity contribution in [2.45, 2.75) is 38.4 Å². The van der Waals surface area contributed by atoms with Gasteiger partial charge in [-0.1, -0.05) is 13.3 Å². The Labute approximate surface area is 96.6 Å². The van der Waals surface area contributed by atoms with Gasteiger partial charge in [0.25, 0.3) is 0 Å². The second kappa shape index (κ2) is 4.55. The van der Waals surface area contributed by atoms with Crippen molar-refractivity contribution in [1.82, 2.24) is 9.55 Å². The Bertz CT molecular complexity index is 341. The van der Waals surface area contributed by atoms with E-state index < -0.39 is 5.79 Å². The highest BCUT2D eigenvalue weighted by molar-refractivity contribution is 5.01. The van der Waals surface area contributed by atoms with Crippen molar-refractivity contribution >= 4 is 0 Å². The molecule has 0 N–H and O–H groups in total. The summed E-state index contributed by atoms with van der Waals surface area (Å²) in [5.74, 6) is 0.902. The predicted molar refractivity (Wildman–Crippen MR) is 61.2 cm³/mol. The van der Waals surface area contributed by atoms with Crippen LogP contribution in [0.15, 0.2) is 12.4 Å². The monoisotopic (exact) mass is 224 g/mol. The number of imidazole rings is 1. The van der Waals surface area contributed by atoms with E-state index in [1.54, 1.807) is 0 Å². The first-order chi connectivity index (χ1) is 7.64. The Morgan fingerprint density at radius 2 is 2.19 bits per heavy atom. The molecule has 2 rings (SSSR count). The zero-order valence-electron chi connectivity index (χ0n) is 10.3. The summed E-state index contributed by atoms with van der Waals surface area (Å²) in [6.07, 6.45) is 5.79. The third kappa shape index (κ3) is 2.28. The number of aryl methyl sites for hydroxylation is 1. The number of nitrogens with zero attached hydrogens (tertiary/aromatic N) is 2. The number of hydrogen-bond donors (Lipinski definition) is 0. The summed E-state index contributed by atoms with van der Waals surface area (Å²) in [4.78, 5) is 4.34. The first-order valence-electron chi connectivity index (χ1n) is 5.90. The van der Waals surface area contributed by atoms with Crippen LogP contribution in [-0.2, 0) is 16.5 Å². The number of aromatic nitrogens is 2. The van der Waals surface area contributed by atoms with E-state index in [0.717, 1.165) is 18.7 Å². The average Bonchev–Trinajstić information content (AvgIpc) is 2.66. The van der Waals surface area contributed by atoms with Crippen LogP contribution in [-0.4, -0.2) is 28.6 Å². The molecule has 0 saturated carbocycles. The fourth-order valence-corrected chi connectivity index (χ4v) is 2.16. The van der Waals surface area contributed by atoms with Crippen LogP contribution >= 0.6 is 0 Å². The van der Waals surface area contributed by atoms with Gasteiger partial charge in [0.1, 0.15) is 5.82 Å². The standard InChI is InChI=1S/C12H20N2O2/c1-4-5-12(2)15-8-10(9-16-12)11-13-6-7-14(11)3/h6-7,10H,4-5,8-9H2,1-3H3. The molecule has 1 aliphatic rings. The van der Waals surface area contributed by atoms with Crippen molar-refractivity contribution in [2.75, 3.05) is 13.2 Å². The lowest BCUT2D eigenvalue weighted by molar-refractivity contribution is -0.266. The first kappa shape index (κ1) is 11.6. The summed E-state index contributed by atoms with van der Waals surface area (Å²) in [5, 5.41) is 0. The third-order valence-electron chi connectivity index (χ3n) is 3.11. The molecule has 1 aromatic heterocycles. The van der Waals surface area contributed by atoms with Crippen molar-refractivity contribution in [1.29, 1.82) is 0 Å². The maximum Gasteiger partial charge on any atom is 0.165 e. The highest BCUT2D eigenvalue weighted by Crippen LogP contribution is 2.29. The Balaban J connectivity index is 1.98. The maximum absolute atomic E-state index is 5.82. The summed E-state index contributed by atoms with van der Waals surface area (Å²) in [6.45, 7) is 5.55. The van der Waals surface area contributed by atoms with Gasteiger partial charge < -0.3 is 14.0 Å². The van der Waals surface area contributed by atoms with Gasteiger partial charge in [-0.15, -0.1) is 0 Å². The van der Waals surface area contributed by atoms with Crippen LogP contribution in [0.4, 0.5) is 0 Å². The van der Waals surface area contributed by atoms with Crippen LogP contribution in [0.5, 0.6) is 0 Å². The van der Waals surface area contributed by atoms with E-state index >= 15 is 0 Å². The van der Waals surface area contributed by atoms with E-state index in [1.165, 1.54) is 0 Å². The summed E-state index contributed by atoms with van der Waals surface area (Å²) in [5.41, 5.74) is 0. The van der Waals surface area contributed by atoms with Crippen LogP contribution in [0.3, 0.4) is 0 Å². The van der Waals surface area contributed by atoms with E-state index in [0.29, 0.717) is 13.2 Å². The minimum absolute atomic E-state index is 0.255. The van der Waals surface area contributed by atoms with Crippen LogP contribution in [0.2, 0.25) is 0 Å². The second-order valence-corrected chi connectivity index (χ2v) is 4.60. The molecular weight excluding hydrogens is 204 g/mol. The van der Waals surface area contributed by atoms with Crippen molar-refractivity contribution in [3.05, 3.63) is 18.2 Å². The van der Waals surface area contributed by atoms with Crippen molar-refractivity contribution in [3.8, 4) is 0 Å². The molecular formula is C12H20N2O2. The van der Waals surface area contributed by atoms with E-state index in [-0.39, 0.29) is 5.92 Å². The minimum Gasteiger partial charge on any atom is -0.349 e. The van der Waals surface area contributed by atoms with Gasteiger partial charge in [0.2, 0.25) is 0 Å². The topological polar surface area (TPSA) is 36.3 Å². The van der Waals surface area contributed by atoms with Gasteiger partial charge in [-0.25, -0.2) is 4.98 Å². The quantitative estimate of drug-likeness (QED) is 0.788. The molecule has 2 heterocycles. The van der Waals surface area contributed by atoms with Crippen LogP contribution in [0.1, 0.15) is 38.4 Å². The second-order valence-electron chi connectivity index (χ2n) is 4.60. The fourth-order valence-electron chi connectivity index (χ4n) is 2.16. The molecule has 0 atom stereocenters. The highest BCUT2D eigenvalue weighted by atomic mass is 16.7. The van der Waals surface area contributed by atoms with Gasteiger partial charge in [-0.3, -0.25) is 0 Å².